The van der Waals surface area contributed by atoms with Gasteiger partial charge in [0.1, 0.15) is 12.4 Å². The molecular formula is C21H32ClFN4O4. The van der Waals surface area contributed by atoms with Crippen LogP contribution >= 0.6 is 11.6 Å². The Bertz CT molecular complexity index is 697. The molecule has 8 nitrogen and oxygen atoms in total. The van der Waals surface area contributed by atoms with Crippen LogP contribution in [0.15, 0.2) is 18.2 Å². The highest BCUT2D eigenvalue weighted by Gasteiger charge is 2.28. The second-order valence-electron chi connectivity index (χ2n) is 7.51. The van der Waals surface area contributed by atoms with Gasteiger partial charge < -0.3 is 30.3 Å². The number of nitrogens with one attached hydrogen (secondary N) is 3. The van der Waals surface area contributed by atoms with Gasteiger partial charge in [0.2, 0.25) is 6.41 Å². The molecule has 1 fully saturated rings. The van der Waals surface area contributed by atoms with E-state index in [1.54, 1.807) is 12.1 Å². The lowest BCUT2D eigenvalue weighted by Crippen LogP contribution is -2.37. The summed E-state index contributed by atoms with van der Waals surface area (Å²) in [5.74, 6) is -0.198. The van der Waals surface area contributed by atoms with E-state index in [2.05, 4.69) is 27.9 Å². The topological polar surface area (TPSA) is 91.9 Å². The van der Waals surface area contributed by atoms with Crippen LogP contribution in [0, 0.1) is 11.7 Å². The molecule has 0 bridgehead atoms. The molecule has 1 aromatic rings. The van der Waals surface area contributed by atoms with Crippen LogP contribution in [-0.4, -0.2) is 76.9 Å². The number of amides is 2. The molecule has 0 aromatic heterocycles. The number of nitrogens with zero attached hydrogens (tertiary/aromatic N) is 1. The molecule has 1 aromatic carbocycles. The minimum atomic E-state index is -0.518. The van der Waals surface area contributed by atoms with Crippen LogP contribution in [0.1, 0.15) is 24.5 Å². The fourth-order valence-electron chi connectivity index (χ4n) is 3.60. The summed E-state index contributed by atoms with van der Waals surface area (Å²) in [4.78, 5) is 24.2. The zero-order chi connectivity index (χ0) is 22.5. The van der Waals surface area contributed by atoms with Gasteiger partial charge in [-0.1, -0.05) is 17.7 Å². The number of hydrogen-bond donors (Lipinski definition) is 3. The zero-order valence-corrected chi connectivity index (χ0v) is 18.6. The molecule has 0 spiro atoms. The number of halogens is 2. The third kappa shape index (κ3) is 9.39. The van der Waals surface area contributed by atoms with E-state index >= 15 is 0 Å². The number of hydrogen-bond acceptors (Lipinski definition) is 6. The van der Waals surface area contributed by atoms with Gasteiger partial charge in [-0.25, -0.2) is 9.18 Å². The molecule has 2 atom stereocenters. The normalized spacial score (nSPS) is 17.7. The summed E-state index contributed by atoms with van der Waals surface area (Å²) < 4.78 is 24.8. The number of piperidine rings is 1. The molecule has 1 aliphatic rings. The van der Waals surface area contributed by atoms with E-state index in [0.29, 0.717) is 39.2 Å². The number of carbonyl (C=O) groups excluding carboxylic acids is 2. The number of likely N-dealkylation sites (tertiary alicyclic amines) is 1. The summed E-state index contributed by atoms with van der Waals surface area (Å²) in [6.07, 6.45) is 1.96. The summed E-state index contributed by atoms with van der Waals surface area (Å²) in [5, 5.41) is 8.30. The highest BCUT2D eigenvalue weighted by atomic mass is 35.5. The molecule has 1 aliphatic heterocycles. The summed E-state index contributed by atoms with van der Waals surface area (Å²) in [5.41, 5.74) is 0.837. The van der Waals surface area contributed by atoms with E-state index in [1.165, 1.54) is 6.07 Å². The Balaban J connectivity index is 1.75. The van der Waals surface area contributed by atoms with E-state index in [4.69, 9.17) is 21.1 Å². The predicted molar refractivity (Wildman–Crippen MR) is 117 cm³/mol. The van der Waals surface area contributed by atoms with Crippen molar-refractivity contribution in [2.24, 2.45) is 5.92 Å². The average Bonchev–Trinajstić information content (AvgIpc) is 2.75. The first kappa shape index (κ1) is 25.3. The van der Waals surface area contributed by atoms with Crippen molar-refractivity contribution in [1.29, 1.82) is 0 Å². The van der Waals surface area contributed by atoms with Gasteiger partial charge in [-0.05, 0) is 44.1 Å². The smallest absolute Gasteiger partial charge is 0.407 e. The van der Waals surface area contributed by atoms with Gasteiger partial charge in [0.25, 0.3) is 0 Å². The number of alkyl carbamates (subject to hydrolysis) is 1. The molecule has 174 valence electrons. The SMILES string of the molecule is CN1CCC[C@@H]([C@@H](OCCNC(=O)OCCNCCNC=O)c2ccc(F)c(Cl)c2)C1. The molecule has 2 rings (SSSR count). The van der Waals surface area contributed by atoms with Crippen molar-refractivity contribution < 1.29 is 23.5 Å². The molecule has 0 radical (unpaired) electrons. The van der Waals surface area contributed by atoms with Crippen molar-refractivity contribution >= 4 is 24.1 Å². The van der Waals surface area contributed by atoms with Gasteiger partial charge in [-0.2, -0.15) is 0 Å². The van der Waals surface area contributed by atoms with Crippen LogP contribution in [0.2, 0.25) is 5.02 Å². The van der Waals surface area contributed by atoms with Gasteiger partial charge in [0, 0.05) is 38.6 Å². The predicted octanol–water partition coefficient (Wildman–Crippen LogP) is 1.94. The molecule has 0 saturated carbocycles. The first-order valence-corrected chi connectivity index (χ1v) is 10.9. The lowest BCUT2D eigenvalue weighted by atomic mass is 9.88. The standard InChI is InChI=1S/C21H32ClFN4O4/c1-27-10-2-3-17(14-27)20(16-4-5-19(23)18(22)13-16)30-12-9-26-21(29)31-11-8-24-6-7-25-15-28/h4-5,13,15,17,20,24H,2-3,6-12,14H2,1H3,(H,25,28)(H,26,29)/t17-,20+/m1/s1. The minimum absolute atomic E-state index is 0.0764. The highest BCUT2D eigenvalue weighted by molar-refractivity contribution is 6.30. The minimum Gasteiger partial charge on any atom is -0.448 e. The van der Waals surface area contributed by atoms with Crippen molar-refractivity contribution in [2.75, 3.05) is 59.5 Å². The Morgan fingerprint density at radius 2 is 2.16 bits per heavy atom. The van der Waals surface area contributed by atoms with Crippen molar-refractivity contribution in [3.05, 3.63) is 34.6 Å². The van der Waals surface area contributed by atoms with Crippen LogP contribution in [0.3, 0.4) is 0 Å². The van der Waals surface area contributed by atoms with E-state index in [1.807, 2.05) is 0 Å². The van der Waals surface area contributed by atoms with Crippen LogP contribution in [0.5, 0.6) is 0 Å². The third-order valence-corrected chi connectivity index (χ3v) is 5.36. The van der Waals surface area contributed by atoms with Gasteiger partial charge in [0.15, 0.2) is 0 Å². The second kappa shape index (κ2) is 14.2. The Hall–Kier alpha value is -1.94. The molecule has 0 unspecified atom stereocenters. The fourth-order valence-corrected chi connectivity index (χ4v) is 3.79. The molecule has 3 N–H and O–H groups in total. The molecule has 0 aliphatic carbocycles. The fraction of sp³-hybridized carbons (Fsp3) is 0.619. The summed E-state index contributed by atoms with van der Waals surface area (Å²) in [7, 11) is 2.08. The maximum Gasteiger partial charge on any atom is 0.407 e. The van der Waals surface area contributed by atoms with Crippen molar-refractivity contribution in [3.63, 3.8) is 0 Å². The lowest BCUT2D eigenvalue weighted by Gasteiger charge is -2.35. The van der Waals surface area contributed by atoms with Crippen molar-refractivity contribution in [3.8, 4) is 0 Å². The first-order valence-electron chi connectivity index (χ1n) is 10.5. The van der Waals surface area contributed by atoms with E-state index in [-0.39, 0.29) is 23.7 Å². The Morgan fingerprint density at radius 1 is 1.32 bits per heavy atom. The largest absolute Gasteiger partial charge is 0.448 e. The van der Waals surface area contributed by atoms with Crippen LogP contribution in [0.4, 0.5) is 9.18 Å². The van der Waals surface area contributed by atoms with Gasteiger partial charge in [-0.3, -0.25) is 4.79 Å². The molecule has 1 heterocycles. The first-order chi connectivity index (χ1) is 15.0. The molecular weight excluding hydrogens is 427 g/mol. The van der Waals surface area contributed by atoms with E-state index < -0.39 is 11.9 Å². The Morgan fingerprint density at radius 3 is 2.90 bits per heavy atom. The van der Waals surface area contributed by atoms with Gasteiger partial charge >= 0.3 is 6.09 Å². The number of ether oxygens (including phenoxy) is 2. The molecule has 2 amide bonds. The number of rotatable bonds is 13. The van der Waals surface area contributed by atoms with Gasteiger partial charge in [-0.15, -0.1) is 0 Å². The Labute approximate surface area is 187 Å². The summed E-state index contributed by atoms with van der Waals surface area (Å²) in [6, 6.07) is 4.69. The van der Waals surface area contributed by atoms with Crippen molar-refractivity contribution in [2.45, 2.75) is 18.9 Å². The molecule has 31 heavy (non-hydrogen) atoms. The maximum atomic E-state index is 13.6. The van der Waals surface area contributed by atoms with E-state index in [0.717, 1.165) is 31.5 Å². The van der Waals surface area contributed by atoms with Crippen molar-refractivity contribution in [1.82, 2.24) is 20.9 Å². The average molecular weight is 459 g/mol. The van der Waals surface area contributed by atoms with Crippen LogP contribution in [-0.2, 0) is 14.3 Å². The monoisotopic (exact) mass is 458 g/mol. The lowest BCUT2D eigenvalue weighted by molar-refractivity contribution is -0.109. The summed E-state index contributed by atoms with van der Waals surface area (Å²) in [6.45, 7) is 4.35. The summed E-state index contributed by atoms with van der Waals surface area (Å²) >= 11 is 5.99. The van der Waals surface area contributed by atoms with Gasteiger partial charge in [0.05, 0.1) is 17.7 Å². The van der Waals surface area contributed by atoms with E-state index in [9.17, 15) is 14.0 Å². The highest BCUT2D eigenvalue weighted by Crippen LogP contribution is 2.34. The molecule has 1 saturated heterocycles. The Kier molecular flexibility index (Phi) is 11.6. The maximum absolute atomic E-state index is 13.6. The third-order valence-electron chi connectivity index (χ3n) is 5.07. The van der Waals surface area contributed by atoms with Crippen LogP contribution in [0.25, 0.3) is 0 Å². The quantitative estimate of drug-likeness (QED) is 0.309. The number of carbonyl (C=O) groups is 2. The van der Waals surface area contributed by atoms with Crippen LogP contribution < -0.4 is 16.0 Å². The number of benzene rings is 1. The molecule has 10 heteroatoms. The zero-order valence-electron chi connectivity index (χ0n) is 17.9. The second-order valence-corrected chi connectivity index (χ2v) is 7.92.